The molecule has 1 N–H and O–H groups in total. The van der Waals surface area contributed by atoms with E-state index in [1.807, 2.05) is 36.2 Å². The molecule has 1 saturated heterocycles. The van der Waals surface area contributed by atoms with Gasteiger partial charge in [-0.15, -0.1) is 0 Å². The molecule has 2 fully saturated rings. The molecule has 2 aromatic rings. The van der Waals surface area contributed by atoms with Crippen LogP contribution in [0.3, 0.4) is 0 Å². The molecule has 186 valence electrons. The number of anilines is 1. The molecule has 1 aliphatic carbocycles. The van der Waals surface area contributed by atoms with Gasteiger partial charge < -0.3 is 19.9 Å². The van der Waals surface area contributed by atoms with E-state index in [2.05, 4.69) is 22.2 Å². The number of hydrogen-bond donors (Lipinski definition) is 1. The molecule has 3 aliphatic rings. The molecule has 3 heterocycles. The van der Waals surface area contributed by atoms with Gasteiger partial charge in [0.15, 0.2) is 0 Å². The number of alkyl halides is 1. The zero-order chi connectivity index (χ0) is 24.6. The minimum Gasteiger partial charge on any atom is -0.381 e. The Kier molecular flexibility index (Phi) is 6.44. The molecule has 1 aromatic carbocycles. The van der Waals surface area contributed by atoms with Gasteiger partial charge in [0.05, 0.1) is 18.9 Å². The lowest BCUT2D eigenvalue weighted by atomic mass is 9.98. The lowest BCUT2D eigenvalue weighted by Crippen LogP contribution is -2.49. The molecule has 2 amide bonds. The van der Waals surface area contributed by atoms with Crippen molar-refractivity contribution in [2.45, 2.75) is 62.5 Å². The molecule has 0 atom stereocenters. The Morgan fingerprint density at radius 1 is 1.20 bits per heavy atom. The number of halogens is 1. The van der Waals surface area contributed by atoms with Crippen LogP contribution in [0.4, 0.5) is 5.95 Å². The number of ether oxygens (including phenoxy) is 1. The highest BCUT2D eigenvalue weighted by Crippen LogP contribution is 2.35. The summed E-state index contributed by atoms with van der Waals surface area (Å²) in [4.78, 5) is 38.0. The molecule has 0 bridgehead atoms. The van der Waals surface area contributed by atoms with Crippen LogP contribution in [0.2, 0.25) is 0 Å². The monoisotopic (exact) mass is 497 g/mol. The lowest BCUT2D eigenvalue weighted by Gasteiger charge is -2.36. The van der Waals surface area contributed by atoms with Crippen molar-refractivity contribution in [3.63, 3.8) is 0 Å². The van der Waals surface area contributed by atoms with E-state index in [9.17, 15) is 9.59 Å². The number of carbonyl (C=O) groups is 2. The van der Waals surface area contributed by atoms with E-state index in [0.29, 0.717) is 49.8 Å². The van der Waals surface area contributed by atoms with Gasteiger partial charge >= 0.3 is 0 Å². The third-order valence-corrected chi connectivity index (χ3v) is 8.22. The quantitative estimate of drug-likeness (QED) is 0.478. The Morgan fingerprint density at radius 2 is 1.94 bits per heavy atom. The maximum atomic E-state index is 13.2. The first-order valence-electron chi connectivity index (χ1n) is 12.3. The molecule has 2 aliphatic heterocycles. The van der Waals surface area contributed by atoms with Gasteiger partial charge in [-0.1, -0.05) is 36.6 Å². The predicted molar refractivity (Wildman–Crippen MR) is 134 cm³/mol. The summed E-state index contributed by atoms with van der Waals surface area (Å²) in [5.41, 5.74) is 2.97. The van der Waals surface area contributed by atoms with Gasteiger partial charge in [-0.25, -0.2) is 9.97 Å². The van der Waals surface area contributed by atoms with Crippen molar-refractivity contribution in [3.05, 3.63) is 41.6 Å². The maximum Gasteiger partial charge on any atom is 0.254 e. The van der Waals surface area contributed by atoms with E-state index in [1.165, 1.54) is 0 Å². The molecule has 1 saturated carbocycles. The van der Waals surface area contributed by atoms with Crippen molar-refractivity contribution < 1.29 is 14.3 Å². The van der Waals surface area contributed by atoms with Gasteiger partial charge in [-0.2, -0.15) is 0 Å². The third-order valence-electron chi connectivity index (χ3n) is 7.75. The number of hydrogen-bond acceptors (Lipinski definition) is 6. The smallest absolute Gasteiger partial charge is 0.254 e. The Morgan fingerprint density at radius 3 is 2.69 bits per heavy atom. The summed E-state index contributed by atoms with van der Waals surface area (Å²) < 4.78 is 5.40. The molecular weight excluding hydrogens is 466 g/mol. The number of likely N-dealkylation sites (N-methyl/N-ethyl adjacent to an activating group) is 1. The molecule has 1 aromatic heterocycles. The second-order valence-electron chi connectivity index (χ2n) is 10.2. The van der Waals surface area contributed by atoms with E-state index in [4.69, 9.17) is 16.3 Å². The highest BCUT2D eigenvalue weighted by atomic mass is 35.5. The van der Waals surface area contributed by atoms with Crippen molar-refractivity contribution >= 4 is 29.4 Å². The fourth-order valence-electron chi connectivity index (χ4n) is 5.29. The van der Waals surface area contributed by atoms with Crippen molar-refractivity contribution in [1.29, 1.82) is 0 Å². The summed E-state index contributed by atoms with van der Waals surface area (Å²) in [5.74, 6) is 0.321. The van der Waals surface area contributed by atoms with Crippen LogP contribution >= 0.6 is 11.6 Å². The number of nitrogens with zero attached hydrogens (tertiary/aromatic N) is 4. The first-order valence-corrected chi connectivity index (χ1v) is 12.7. The van der Waals surface area contributed by atoms with Gasteiger partial charge in [0.25, 0.3) is 5.91 Å². The lowest BCUT2D eigenvalue weighted by molar-refractivity contribution is -0.135. The fourth-order valence-corrected chi connectivity index (χ4v) is 5.53. The summed E-state index contributed by atoms with van der Waals surface area (Å²) in [6, 6.07) is 7.59. The van der Waals surface area contributed by atoms with Gasteiger partial charge in [0.1, 0.15) is 11.5 Å². The molecular formula is C26H32ClN5O3. The minimum absolute atomic E-state index is 0.00888. The molecule has 0 radical (unpaired) electrons. The normalized spacial score (nSPS) is 20.5. The highest BCUT2D eigenvalue weighted by molar-refractivity contribution is 6.25. The van der Waals surface area contributed by atoms with Crippen molar-refractivity contribution in [3.8, 4) is 11.3 Å². The van der Waals surface area contributed by atoms with Crippen LogP contribution in [-0.2, 0) is 16.1 Å². The number of fused-ring (bicyclic) bond motifs is 1. The number of rotatable bonds is 6. The van der Waals surface area contributed by atoms with Crippen LogP contribution in [0, 0.1) is 0 Å². The van der Waals surface area contributed by atoms with Crippen molar-refractivity contribution in [2.24, 2.45) is 0 Å². The Bertz CT molecular complexity index is 1130. The zero-order valence-corrected chi connectivity index (χ0v) is 21.1. The van der Waals surface area contributed by atoms with Crippen LogP contribution in [0.1, 0.15) is 61.4 Å². The number of amides is 2. The summed E-state index contributed by atoms with van der Waals surface area (Å²) in [6.45, 7) is 3.87. The van der Waals surface area contributed by atoms with E-state index in [0.717, 1.165) is 36.8 Å². The van der Waals surface area contributed by atoms with E-state index in [1.54, 1.807) is 11.1 Å². The Labute approximate surface area is 211 Å². The molecule has 0 unspecified atom stereocenters. The first-order chi connectivity index (χ1) is 16.8. The minimum atomic E-state index is -0.624. The average molecular weight is 498 g/mol. The topological polar surface area (TPSA) is 87.7 Å². The van der Waals surface area contributed by atoms with E-state index >= 15 is 0 Å². The molecule has 35 heavy (non-hydrogen) atoms. The Hall–Kier alpha value is -2.71. The average Bonchev–Trinajstić information content (AvgIpc) is 3.43. The van der Waals surface area contributed by atoms with Gasteiger partial charge in [-0.05, 0) is 37.5 Å². The van der Waals surface area contributed by atoms with Crippen LogP contribution in [-0.4, -0.2) is 68.9 Å². The molecule has 5 rings (SSSR count). The van der Waals surface area contributed by atoms with Crippen LogP contribution in [0.15, 0.2) is 30.5 Å². The second-order valence-corrected chi connectivity index (χ2v) is 10.9. The number of aromatic nitrogens is 2. The summed E-state index contributed by atoms with van der Waals surface area (Å²) in [6.07, 6.45) is 7.33. The predicted octanol–water partition coefficient (Wildman–Crippen LogP) is 4.05. The van der Waals surface area contributed by atoms with Crippen LogP contribution < -0.4 is 5.32 Å². The van der Waals surface area contributed by atoms with Gasteiger partial charge in [0.2, 0.25) is 11.9 Å². The molecule has 8 nitrogen and oxygen atoms in total. The number of benzene rings is 1. The van der Waals surface area contributed by atoms with Crippen molar-refractivity contribution in [1.82, 2.24) is 19.8 Å². The fraction of sp³-hybridized carbons (Fsp3) is 0.538. The van der Waals surface area contributed by atoms with E-state index < -0.39 is 5.00 Å². The number of nitrogens with one attached hydrogen (secondary N) is 1. The summed E-state index contributed by atoms with van der Waals surface area (Å²) in [5, 5.41) is 3.24. The SMILES string of the molecule is CN(C(=O)CN1Cc2ccc(-c3ccnc(NC4(Cl)CCOCC4)n3)cc2C1=O)C1(C)CCCC1. The van der Waals surface area contributed by atoms with Crippen LogP contribution in [0.25, 0.3) is 11.3 Å². The summed E-state index contributed by atoms with van der Waals surface area (Å²) >= 11 is 6.68. The van der Waals surface area contributed by atoms with Crippen molar-refractivity contribution in [2.75, 3.05) is 32.1 Å². The largest absolute Gasteiger partial charge is 0.381 e. The van der Waals surface area contributed by atoms with Gasteiger partial charge in [-0.3, -0.25) is 9.59 Å². The number of carbonyl (C=O) groups excluding carboxylic acids is 2. The van der Waals surface area contributed by atoms with Crippen LogP contribution in [0.5, 0.6) is 0 Å². The van der Waals surface area contributed by atoms with E-state index in [-0.39, 0.29) is 23.9 Å². The highest BCUT2D eigenvalue weighted by Gasteiger charge is 2.37. The second kappa shape index (κ2) is 9.39. The maximum absolute atomic E-state index is 13.2. The zero-order valence-electron chi connectivity index (χ0n) is 20.3. The molecule has 9 heteroatoms. The summed E-state index contributed by atoms with van der Waals surface area (Å²) in [7, 11) is 1.87. The molecule has 0 spiro atoms. The van der Waals surface area contributed by atoms with Gasteiger partial charge in [0, 0.05) is 49.3 Å². The standard InChI is InChI=1S/C26H32ClN5O3/c1-25(8-3-4-9-25)31(2)22(33)17-32-16-19-6-5-18(15-20(19)23(32)34)21-7-12-28-24(29-21)30-26(27)10-13-35-14-11-26/h5-7,12,15H,3-4,8-11,13-14,16-17H2,1-2H3,(H,28,29,30). The first kappa shape index (κ1) is 24.0. The Balaban J connectivity index is 1.29. The third kappa shape index (κ3) is 4.86.